The number of hydrogen-bond acceptors (Lipinski definition) is 8. The van der Waals surface area contributed by atoms with Crippen molar-refractivity contribution in [2.45, 2.75) is 6.61 Å². The fourth-order valence-electron chi connectivity index (χ4n) is 2.27. The van der Waals surface area contributed by atoms with E-state index in [1.54, 1.807) is 0 Å². The normalized spacial score (nSPS) is 10.2. The standard InChI is InChI=1S/C18H16FN7O3/c19-11-3-7-13(8-4-11)23-18-25-14(24-16(20)26-18)9-29-15(27)10-1-5-12(6-2-10)22-17(21)28/h1-8H,9H2,(H3,21,22,28)(H3,20,23,24,25,26). The van der Waals surface area contributed by atoms with E-state index in [2.05, 4.69) is 25.6 Å². The van der Waals surface area contributed by atoms with Gasteiger partial charge in [0.25, 0.3) is 0 Å². The molecular formula is C18H16FN7O3. The summed E-state index contributed by atoms with van der Waals surface area (Å²) in [6.07, 6.45) is 0. The lowest BCUT2D eigenvalue weighted by molar-refractivity contribution is 0.0462. The van der Waals surface area contributed by atoms with Gasteiger partial charge in [0.15, 0.2) is 12.4 Å². The van der Waals surface area contributed by atoms with Crippen molar-refractivity contribution < 1.29 is 18.7 Å². The van der Waals surface area contributed by atoms with Gasteiger partial charge >= 0.3 is 12.0 Å². The van der Waals surface area contributed by atoms with Crippen LogP contribution in [0.5, 0.6) is 0 Å². The molecule has 6 N–H and O–H groups in total. The van der Waals surface area contributed by atoms with E-state index in [1.165, 1.54) is 48.5 Å². The van der Waals surface area contributed by atoms with E-state index in [4.69, 9.17) is 16.2 Å². The van der Waals surface area contributed by atoms with Crippen LogP contribution in [0.3, 0.4) is 0 Å². The average Bonchev–Trinajstić information content (AvgIpc) is 2.68. The Balaban J connectivity index is 1.63. The van der Waals surface area contributed by atoms with Gasteiger partial charge in [0.1, 0.15) is 5.82 Å². The number of aromatic nitrogens is 3. The summed E-state index contributed by atoms with van der Waals surface area (Å²) in [4.78, 5) is 34.9. The number of halogens is 1. The summed E-state index contributed by atoms with van der Waals surface area (Å²) < 4.78 is 18.2. The van der Waals surface area contributed by atoms with Crippen LogP contribution in [0.4, 0.5) is 32.5 Å². The van der Waals surface area contributed by atoms with E-state index in [1.807, 2.05) is 0 Å². The predicted molar refractivity (Wildman–Crippen MR) is 103 cm³/mol. The van der Waals surface area contributed by atoms with Gasteiger partial charge in [-0.1, -0.05) is 0 Å². The molecule has 0 bridgehead atoms. The molecule has 1 aromatic heterocycles. The summed E-state index contributed by atoms with van der Waals surface area (Å²) in [5, 5.41) is 5.24. The number of nitrogen functional groups attached to an aromatic ring is 1. The molecule has 0 aliphatic rings. The third kappa shape index (κ3) is 5.60. The van der Waals surface area contributed by atoms with Crippen molar-refractivity contribution in [3.05, 3.63) is 65.7 Å². The highest BCUT2D eigenvalue weighted by molar-refractivity contribution is 5.91. The van der Waals surface area contributed by atoms with Crippen molar-refractivity contribution in [2.75, 3.05) is 16.4 Å². The average molecular weight is 397 g/mol. The molecule has 0 aliphatic heterocycles. The fraction of sp³-hybridized carbons (Fsp3) is 0.0556. The minimum atomic E-state index is -0.710. The number of primary amides is 1. The van der Waals surface area contributed by atoms with Gasteiger partial charge in [-0.15, -0.1) is 0 Å². The van der Waals surface area contributed by atoms with Gasteiger partial charge < -0.3 is 26.8 Å². The molecule has 0 saturated heterocycles. The van der Waals surface area contributed by atoms with Gasteiger partial charge in [0, 0.05) is 11.4 Å². The first-order chi connectivity index (χ1) is 13.9. The van der Waals surface area contributed by atoms with Crippen LogP contribution in [-0.4, -0.2) is 27.0 Å². The Kier molecular flexibility index (Phi) is 5.78. The molecule has 3 aromatic rings. The number of anilines is 4. The molecule has 10 nitrogen and oxygen atoms in total. The Morgan fingerprint density at radius 1 is 0.966 bits per heavy atom. The number of urea groups is 1. The number of nitrogens with zero attached hydrogens (tertiary/aromatic N) is 3. The van der Waals surface area contributed by atoms with E-state index in [9.17, 15) is 14.0 Å². The number of esters is 1. The van der Waals surface area contributed by atoms with Crippen LogP contribution in [0.15, 0.2) is 48.5 Å². The highest BCUT2D eigenvalue weighted by Gasteiger charge is 2.11. The molecule has 29 heavy (non-hydrogen) atoms. The zero-order valence-electron chi connectivity index (χ0n) is 14.9. The number of amides is 2. The van der Waals surface area contributed by atoms with E-state index in [-0.39, 0.29) is 35.7 Å². The quantitative estimate of drug-likeness (QED) is 0.461. The fourth-order valence-corrected chi connectivity index (χ4v) is 2.27. The second-order valence-corrected chi connectivity index (χ2v) is 5.71. The summed E-state index contributed by atoms with van der Waals surface area (Å²) in [6, 6.07) is 10.8. The highest BCUT2D eigenvalue weighted by atomic mass is 19.1. The third-order valence-corrected chi connectivity index (χ3v) is 3.52. The number of nitrogens with two attached hydrogens (primary N) is 2. The maximum atomic E-state index is 13.0. The highest BCUT2D eigenvalue weighted by Crippen LogP contribution is 2.15. The third-order valence-electron chi connectivity index (χ3n) is 3.52. The lowest BCUT2D eigenvalue weighted by Gasteiger charge is -2.08. The number of rotatable bonds is 6. The molecule has 148 valence electrons. The van der Waals surface area contributed by atoms with E-state index in [0.29, 0.717) is 11.4 Å². The molecule has 0 radical (unpaired) electrons. The van der Waals surface area contributed by atoms with Crippen molar-refractivity contribution in [3.8, 4) is 0 Å². The van der Waals surface area contributed by atoms with Crippen LogP contribution in [0, 0.1) is 5.82 Å². The van der Waals surface area contributed by atoms with Crippen molar-refractivity contribution in [2.24, 2.45) is 5.73 Å². The lowest BCUT2D eigenvalue weighted by atomic mass is 10.2. The molecule has 0 unspecified atom stereocenters. The number of nitrogens with one attached hydrogen (secondary N) is 2. The molecule has 3 rings (SSSR count). The topological polar surface area (TPSA) is 158 Å². The predicted octanol–water partition coefficient (Wildman–Crippen LogP) is 2.18. The number of carbonyl (C=O) groups is 2. The zero-order valence-corrected chi connectivity index (χ0v) is 14.9. The van der Waals surface area contributed by atoms with Crippen LogP contribution in [-0.2, 0) is 11.3 Å². The Morgan fingerprint density at radius 2 is 1.62 bits per heavy atom. The number of carbonyl (C=O) groups excluding carboxylic acids is 2. The maximum absolute atomic E-state index is 13.0. The van der Waals surface area contributed by atoms with Gasteiger partial charge in [0.05, 0.1) is 5.56 Å². The van der Waals surface area contributed by atoms with Gasteiger partial charge in [-0.3, -0.25) is 0 Å². The van der Waals surface area contributed by atoms with Crippen molar-refractivity contribution >= 4 is 35.3 Å². The molecule has 11 heteroatoms. The van der Waals surface area contributed by atoms with Crippen LogP contribution < -0.4 is 22.1 Å². The van der Waals surface area contributed by atoms with Crippen molar-refractivity contribution in [1.29, 1.82) is 0 Å². The Hall–Kier alpha value is -4.28. The number of hydrogen-bond donors (Lipinski definition) is 4. The van der Waals surface area contributed by atoms with Crippen LogP contribution in [0.1, 0.15) is 16.2 Å². The second-order valence-electron chi connectivity index (χ2n) is 5.71. The lowest BCUT2D eigenvalue weighted by Crippen LogP contribution is -2.19. The summed E-state index contributed by atoms with van der Waals surface area (Å²) in [6.45, 7) is -0.245. The summed E-state index contributed by atoms with van der Waals surface area (Å²) in [5.41, 5.74) is 11.9. The van der Waals surface area contributed by atoms with E-state index < -0.39 is 12.0 Å². The monoisotopic (exact) mass is 397 g/mol. The smallest absolute Gasteiger partial charge is 0.338 e. The molecule has 0 atom stereocenters. The largest absolute Gasteiger partial charge is 0.454 e. The molecule has 0 fully saturated rings. The van der Waals surface area contributed by atoms with E-state index in [0.717, 1.165) is 0 Å². The van der Waals surface area contributed by atoms with Crippen molar-refractivity contribution in [1.82, 2.24) is 15.0 Å². The van der Waals surface area contributed by atoms with Crippen LogP contribution in [0.25, 0.3) is 0 Å². The summed E-state index contributed by atoms with van der Waals surface area (Å²) >= 11 is 0. The molecular weight excluding hydrogens is 381 g/mol. The van der Waals surface area contributed by atoms with Gasteiger partial charge in [-0.05, 0) is 48.5 Å². The van der Waals surface area contributed by atoms with Crippen molar-refractivity contribution in [3.63, 3.8) is 0 Å². The minimum Gasteiger partial charge on any atom is -0.454 e. The first-order valence-corrected chi connectivity index (χ1v) is 8.26. The van der Waals surface area contributed by atoms with Crippen LogP contribution in [0.2, 0.25) is 0 Å². The summed E-state index contributed by atoms with van der Waals surface area (Å²) in [7, 11) is 0. The Morgan fingerprint density at radius 3 is 2.28 bits per heavy atom. The molecule has 1 heterocycles. The number of ether oxygens (including phenoxy) is 1. The second kappa shape index (κ2) is 8.61. The zero-order chi connectivity index (χ0) is 20.8. The van der Waals surface area contributed by atoms with Gasteiger partial charge in [-0.2, -0.15) is 15.0 Å². The first-order valence-electron chi connectivity index (χ1n) is 8.26. The molecule has 2 amide bonds. The first kappa shape index (κ1) is 19.5. The van der Waals surface area contributed by atoms with Crippen LogP contribution >= 0.6 is 0 Å². The van der Waals surface area contributed by atoms with E-state index >= 15 is 0 Å². The van der Waals surface area contributed by atoms with Gasteiger partial charge in [0.2, 0.25) is 11.9 Å². The summed E-state index contributed by atoms with van der Waals surface area (Å²) in [5.74, 6) is -0.823. The Labute approximate surface area is 164 Å². The van der Waals surface area contributed by atoms with Gasteiger partial charge in [-0.25, -0.2) is 14.0 Å². The molecule has 0 aliphatic carbocycles. The maximum Gasteiger partial charge on any atom is 0.338 e. The molecule has 2 aromatic carbocycles. The minimum absolute atomic E-state index is 0.0717. The molecule has 0 spiro atoms. The SMILES string of the molecule is NC(=O)Nc1ccc(C(=O)OCc2nc(N)nc(Nc3ccc(F)cc3)n2)cc1. The Bertz CT molecular complexity index is 1030. The number of benzene rings is 2. The molecule has 0 saturated carbocycles.